The number of benzene rings is 1. The van der Waals surface area contributed by atoms with Crippen LogP contribution in [0.15, 0.2) is 29.3 Å². The molecule has 25 heavy (non-hydrogen) atoms. The Bertz CT molecular complexity index is 600. The van der Waals surface area contributed by atoms with Gasteiger partial charge in [-0.05, 0) is 19.1 Å². The van der Waals surface area contributed by atoms with E-state index in [0.717, 1.165) is 38.7 Å². The number of hydrogen-bond donors (Lipinski definition) is 1. The topological polar surface area (TPSA) is 57.2 Å². The highest BCUT2D eigenvalue weighted by molar-refractivity contribution is 5.81. The average Bonchev–Trinajstić information content (AvgIpc) is 2.64. The summed E-state index contributed by atoms with van der Waals surface area (Å²) in [5.41, 5.74) is 0.642. The van der Waals surface area contributed by atoms with Crippen LogP contribution in [-0.2, 0) is 9.53 Å². The summed E-state index contributed by atoms with van der Waals surface area (Å²) in [5, 5.41) is 3.26. The van der Waals surface area contributed by atoms with Crippen LogP contribution in [0.3, 0.4) is 0 Å². The minimum Gasteiger partial charge on any atom is -0.469 e. The maximum Gasteiger partial charge on any atom is 0.310 e. The van der Waals surface area contributed by atoms with Gasteiger partial charge in [-0.25, -0.2) is 4.39 Å². The molecule has 6 nitrogen and oxygen atoms in total. The molecule has 1 unspecified atom stereocenters. The highest BCUT2D eigenvalue weighted by Gasteiger charge is 2.22. The monoisotopic (exact) mass is 350 g/mol. The number of para-hydroxylation sites is 1. The molecule has 138 valence electrons. The van der Waals surface area contributed by atoms with Gasteiger partial charge in [0.05, 0.1) is 25.3 Å². The molecule has 0 radical (unpaired) electrons. The lowest BCUT2D eigenvalue weighted by Gasteiger charge is -2.37. The number of anilines is 1. The van der Waals surface area contributed by atoms with Gasteiger partial charge in [0.2, 0.25) is 0 Å². The van der Waals surface area contributed by atoms with Crippen LogP contribution in [0.1, 0.15) is 13.8 Å². The molecule has 2 rings (SSSR count). The Morgan fingerprint density at radius 2 is 2.00 bits per heavy atom. The summed E-state index contributed by atoms with van der Waals surface area (Å²) < 4.78 is 18.7. The van der Waals surface area contributed by atoms with E-state index < -0.39 is 0 Å². The number of halogens is 1. The maximum atomic E-state index is 13.9. The number of hydrogen-bond acceptors (Lipinski definition) is 4. The van der Waals surface area contributed by atoms with Crippen LogP contribution in [0, 0.1) is 11.7 Å². The van der Waals surface area contributed by atoms with E-state index in [2.05, 4.69) is 15.2 Å². The lowest BCUT2D eigenvalue weighted by atomic mass is 10.2. The van der Waals surface area contributed by atoms with Crippen molar-refractivity contribution in [2.75, 3.05) is 51.3 Å². The Morgan fingerprint density at radius 3 is 2.60 bits per heavy atom. The molecule has 1 N–H and O–H groups in total. The highest BCUT2D eigenvalue weighted by Crippen LogP contribution is 2.20. The third-order valence-corrected chi connectivity index (χ3v) is 4.23. The van der Waals surface area contributed by atoms with Gasteiger partial charge in [-0.2, -0.15) is 0 Å². The van der Waals surface area contributed by atoms with Gasteiger partial charge in [0.15, 0.2) is 5.96 Å². The van der Waals surface area contributed by atoms with Crippen molar-refractivity contribution in [1.82, 2.24) is 10.2 Å². The molecule has 1 saturated heterocycles. The van der Waals surface area contributed by atoms with Crippen molar-refractivity contribution in [1.29, 1.82) is 0 Å². The Hall–Kier alpha value is -2.31. The normalized spacial score (nSPS) is 16.6. The molecule has 1 heterocycles. The molecule has 1 atom stereocenters. The first-order valence-corrected chi connectivity index (χ1v) is 8.67. The highest BCUT2D eigenvalue weighted by atomic mass is 19.1. The van der Waals surface area contributed by atoms with E-state index in [0.29, 0.717) is 12.2 Å². The zero-order valence-electron chi connectivity index (χ0n) is 15.2. The number of esters is 1. The minimum absolute atomic E-state index is 0.191. The standard InChI is InChI=1S/C18H27FN4O2/c1-4-20-18(21-13-14(2)17(24)25-3)23-11-9-22(10-12-23)16-8-6-5-7-15(16)19/h5-8,14H,4,9-13H2,1-3H3,(H,20,21). The molecule has 0 aromatic heterocycles. The first-order chi connectivity index (χ1) is 12.1. The number of rotatable bonds is 5. The Kier molecular flexibility index (Phi) is 7.03. The van der Waals surface area contributed by atoms with Crippen molar-refractivity contribution in [3.05, 3.63) is 30.1 Å². The molecule has 1 aromatic carbocycles. The quantitative estimate of drug-likeness (QED) is 0.498. The number of methoxy groups -OCH3 is 1. The second kappa shape index (κ2) is 9.25. The first kappa shape index (κ1) is 19.0. The number of nitrogens with zero attached hydrogens (tertiary/aromatic N) is 3. The summed E-state index contributed by atoms with van der Waals surface area (Å²) in [4.78, 5) is 20.3. The van der Waals surface area contributed by atoms with Gasteiger partial charge >= 0.3 is 5.97 Å². The number of piperazine rings is 1. The van der Waals surface area contributed by atoms with Crippen LogP contribution in [0.25, 0.3) is 0 Å². The number of nitrogens with one attached hydrogen (secondary N) is 1. The molecular weight excluding hydrogens is 323 g/mol. The predicted octanol–water partition coefficient (Wildman–Crippen LogP) is 1.72. The molecule has 0 aliphatic carbocycles. The molecule has 0 saturated carbocycles. The summed E-state index contributed by atoms with van der Waals surface area (Å²) in [6.45, 7) is 7.86. The van der Waals surface area contributed by atoms with Crippen molar-refractivity contribution < 1.29 is 13.9 Å². The first-order valence-electron chi connectivity index (χ1n) is 8.67. The fourth-order valence-corrected chi connectivity index (χ4v) is 2.79. The smallest absolute Gasteiger partial charge is 0.310 e. The maximum absolute atomic E-state index is 13.9. The van der Waals surface area contributed by atoms with Crippen molar-refractivity contribution in [3.63, 3.8) is 0 Å². The Labute approximate surface area is 148 Å². The zero-order chi connectivity index (χ0) is 18.2. The molecule has 0 amide bonds. The average molecular weight is 350 g/mol. The van der Waals surface area contributed by atoms with Gasteiger partial charge in [-0.3, -0.25) is 9.79 Å². The van der Waals surface area contributed by atoms with Gasteiger partial charge in [-0.15, -0.1) is 0 Å². The summed E-state index contributed by atoms with van der Waals surface area (Å²) in [6, 6.07) is 6.85. The van der Waals surface area contributed by atoms with Crippen molar-refractivity contribution >= 4 is 17.6 Å². The van der Waals surface area contributed by atoms with Gasteiger partial charge in [-0.1, -0.05) is 19.1 Å². The molecule has 0 spiro atoms. The van der Waals surface area contributed by atoms with E-state index in [-0.39, 0.29) is 17.7 Å². The third kappa shape index (κ3) is 5.08. The molecule has 1 aliphatic rings. The fraction of sp³-hybridized carbons (Fsp3) is 0.556. The largest absolute Gasteiger partial charge is 0.469 e. The molecule has 1 aromatic rings. The number of carbonyl (C=O) groups excluding carboxylic acids is 1. The lowest BCUT2D eigenvalue weighted by Crippen LogP contribution is -2.52. The van der Waals surface area contributed by atoms with E-state index in [1.807, 2.05) is 24.0 Å². The zero-order valence-corrected chi connectivity index (χ0v) is 15.2. The van der Waals surface area contributed by atoms with E-state index in [1.54, 1.807) is 13.0 Å². The Morgan fingerprint density at radius 1 is 1.32 bits per heavy atom. The second-order valence-electron chi connectivity index (χ2n) is 6.04. The number of aliphatic imine (C=N–C) groups is 1. The number of ether oxygens (including phenoxy) is 1. The van der Waals surface area contributed by atoms with Gasteiger partial charge in [0, 0.05) is 32.7 Å². The van der Waals surface area contributed by atoms with Crippen molar-refractivity contribution in [2.24, 2.45) is 10.9 Å². The molecule has 0 bridgehead atoms. The fourth-order valence-electron chi connectivity index (χ4n) is 2.79. The van der Waals surface area contributed by atoms with Crippen molar-refractivity contribution in [3.8, 4) is 0 Å². The van der Waals surface area contributed by atoms with Crippen LogP contribution in [0.2, 0.25) is 0 Å². The number of guanidine groups is 1. The van der Waals surface area contributed by atoms with Crippen LogP contribution in [0.5, 0.6) is 0 Å². The van der Waals surface area contributed by atoms with Crippen LogP contribution >= 0.6 is 0 Å². The van der Waals surface area contributed by atoms with Crippen molar-refractivity contribution in [2.45, 2.75) is 13.8 Å². The Balaban J connectivity index is 1.97. The lowest BCUT2D eigenvalue weighted by molar-refractivity contribution is -0.144. The van der Waals surface area contributed by atoms with Crippen LogP contribution in [0.4, 0.5) is 10.1 Å². The SMILES string of the molecule is CCNC(=NCC(C)C(=O)OC)N1CCN(c2ccccc2F)CC1. The molecular formula is C18H27FN4O2. The van der Waals surface area contributed by atoms with E-state index in [9.17, 15) is 9.18 Å². The summed E-state index contributed by atoms with van der Waals surface area (Å²) in [5.74, 6) is 0.0530. The van der Waals surface area contributed by atoms with Crippen LogP contribution < -0.4 is 10.2 Å². The molecule has 7 heteroatoms. The minimum atomic E-state index is -0.279. The number of carbonyl (C=O) groups is 1. The van der Waals surface area contributed by atoms with Gasteiger partial charge in [0.1, 0.15) is 5.82 Å². The van der Waals surface area contributed by atoms with Gasteiger partial charge in [0.25, 0.3) is 0 Å². The summed E-state index contributed by atoms with van der Waals surface area (Å²) >= 11 is 0. The second-order valence-corrected chi connectivity index (χ2v) is 6.04. The van der Waals surface area contributed by atoms with E-state index >= 15 is 0 Å². The van der Waals surface area contributed by atoms with Crippen LogP contribution in [-0.4, -0.2) is 63.2 Å². The predicted molar refractivity (Wildman–Crippen MR) is 97.3 cm³/mol. The van der Waals surface area contributed by atoms with Gasteiger partial charge < -0.3 is 19.9 Å². The summed E-state index contributed by atoms with van der Waals surface area (Å²) in [6.07, 6.45) is 0. The molecule has 1 aliphatic heterocycles. The summed E-state index contributed by atoms with van der Waals surface area (Å²) in [7, 11) is 1.38. The van der Waals surface area contributed by atoms with E-state index in [1.165, 1.54) is 13.2 Å². The third-order valence-electron chi connectivity index (χ3n) is 4.23. The van der Waals surface area contributed by atoms with E-state index in [4.69, 9.17) is 4.74 Å². The molecule has 1 fully saturated rings.